The summed E-state index contributed by atoms with van der Waals surface area (Å²) >= 11 is 5.95. The molecule has 3 rings (SSSR count). The van der Waals surface area contributed by atoms with Crippen molar-refractivity contribution >= 4 is 17.4 Å². The van der Waals surface area contributed by atoms with Crippen molar-refractivity contribution in [2.45, 2.75) is 32.6 Å². The van der Waals surface area contributed by atoms with Crippen molar-refractivity contribution in [1.82, 2.24) is 9.47 Å². The van der Waals surface area contributed by atoms with E-state index in [-0.39, 0.29) is 11.4 Å². The average molecular weight is 371 g/mol. The number of benzene rings is 1. The highest BCUT2D eigenvalue weighted by molar-refractivity contribution is 6.30. The van der Waals surface area contributed by atoms with Crippen LogP contribution < -0.4 is 11.3 Å². The number of hydrogen-bond acceptors (Lipinski definition) is 4. The van der Waals surface area contributed by atoms with Gasteiger partial charge in [-0.15, -0.1) is 0 Å². The Morgan fingerprint density at radius 1 is 1.19 bits per heavy atom. The van der Waals surface area contributed by atoms with E-state index < -0.39 is 0 Å². The summed E-state index contributed by atoms with van der Waals surface area (Å²) in [6, 6.07) is 9.07. The molecule has 1 aliphatic rings. The van der Waals surface area contributed by atoms with E-state index >= 15 is 0 Å². The molecule has 1 saturated heterocycles. The van der Waals surface area contributed by atoms with E-state index in [4.69, 9.17) is 17.3 Å². The largest absolute Gasteiger partial charge is 0.384 e. The topological polar surface area (TPSA) is 75.0 Å². The van der Waals surface area contributed by atoms with Gasteiger partial charge in [0.2, 0.25) is 0 Å². The SMILES string of the molecule is Cc1c(C#N)c(N)n(-c2ccc(Cl)cc2)c(=O)c1CCN1CCCCC1. The van der Waals surface area contributed by atoms with E-state index in [0.717, 1.165) is 19.6 Å². The number of likely N-dealkylation sites (tertiary alicyclic amines) is 1. The Morgan fingerprint density at radius 3 is 2.46 bits per heavy atom. The van der Waals surface area contributed by atoms with E-state index in [1.807, 2.05) is 6.92 Å². The molecule has 5 nitrogen and oxygen atoms in total. The van der Waals surface area contributed by atoms with E-state index in [0.29, 0.717) is 33.8 Å². The molecule has 136 valence electrons. The minimum atomic E-state index is -0.154. The normalized spacial score (nSPS) is 15.0. The number of pyridine rings is 1. The highest BCUT2D eigenvalue weighted by atomic mass is 35.5. The average Bonchev–Trinajstić information content (AvgIpc) is 2.64. The van der Waals surface area contributed by atoms with Crippen LogP contribution in [0.25, 0.3) is 5.69 Å². The summed E-state index contributed by atoms with van der Waals surface area (Å²) in [6.45, 7) is 4.79. The maximum atomic E-state index is 13.2. The Balaban J connectivity index is 2.03. The number of nitrogens with zero attached hydrogens (tertiary/aromatic N) is 3. The summed E-state index contributed by atoms with van der Waals surface area (Å²) in [5, 5.41) is 10.2. The number of nitrogen functional groups attached to an aromatic ring is 1. The van der Waals surface area contributed by atoms with Crippen molar-refractivity contribution in [2.75, 3.05) is 25.4 Å². The Kier molecular flexibility index (Phi) is 5.65. The highest BCUT2D eigenvalue weighted by Crippen LogP contribution is 2.22. The van der Waals surface area contributed by atoms with Crippen LogP contribution in [0.2, 0.25) is 5.02 Å². The Morgan fingerprint density at radius 2 is 1.85 bits per heavy atom. The van der Waals surface area contributed by atoms with Crippen LogP contribution >= 0.6 is 11.6 Å². The summed E-state index contributed by atoms with van der Waals surface area (Å²) < 4.78 is 1.42. The zero-order valence-corrected chi connectivity index (χ0v) is 15.7. The first-order valence-corrected chi connectivity index (χ1v) is 9.33. The molecule has 2 N–H and O–H groups in total. The van der Waals surface area contributed by atoms with Gasteiger partial charge >= 0.3 is 0 Å². The second kappa shape index (κ2) is 7.94. The zero-order valence-electron chi connectivity index (χ0n) is 15.0. The van der Waals surface area contributed by atoms with Gasteiger partial charge in [0.25, 0.3) is 5.56 Å². The molecule has 0 spiro atoms. The van der Waals surface area contributed by atoms with Gasteiger partial charge in [0.1, 0.15) is 11.9 Å². The standard InChI is InChI=1S/C20H23ClN4O/c1-14-17(9-12-24-10-3-2-4-11-24)20(26)25(19(23)18(14)13-22)16-7-5-15(21)6-8-16/h5-8H,2-4,9-12,23H2,1H3. The summed E-state index contributed by atoms with van der Waals surface area (Å²) in [4.78, 5) is 15.5. The van der Waals surface area contributed by atoms with Crippen LogP contribution in [0.1, 0.15) is 36.0 Å². The number of anilines is 1. The first kappa shape index (κ1) is 18.5. The minimum absolute atomic E-state index is 0.154. The molecule has 2 aromatic rings. The number of rotatable bonds is 4. The van der Waals surface area contributed by atoms with Crippen molar-refractivity contribution in [2.24, 2.45) is 0 Å². The molecular weight excluding hydrogens is 348 g/mol. The molecule has 1 aliphatic heterocycles. The van der Waals surface area contributed by atoms with Gasteiger partial charge in [0.05, 0.1) is 11.3 Å². The first-order chi connectivity index (χ1) is 12.5. The summed E-state index contributed by atoms with van der Waals surface area (Å²) in [6.07, 6.45) is 4.31. The van der Waals surface area contributed by atoms with Crippen molar-refractivity contribution in [3.05, 3.63) is 56.3 Å². The van der Waals surface area contributed by atoms with Crippen LogP contribution in [0.4, 0.5) is 5.82 Å². The molecule has 0 aliphatic carbocycles. The molecule has 0 bridgehead atoms. The van der Waals surface area contributed by atoms with E-state index in [1.165, 1.54) is 23.8 Å². The van der Waals surface area contributed by atoms with Crippen molar-refractivity contribution in [3.63, 3.8) is 0 Å². The third kappa shape index (κ3) is 3.62. The van der Waals surface area contributed by atoms with Crippen molar-refractivity contribution in [3.8, 4) is 11.8 Å². The molecule has 1 aromatic heterocycles. The van der Waals surface area contributed by atoms with Gasteiger partial charge in [0.15, 0.2) is 0 Å². The lowest BCUT2D eigenvalue weighted by Crippen LogP contribution is -2.34. The molecule has 0 amide bonds. The monoisotopic (exact) mass is 370 g/mol. The van der Waals surface area contributed by atoms with E-state index in [9.17, 15) is 10.1 Å². The first-order valence-electron chi connectivity index (χ1n) is 8.95. The fourth-order valence-electron chi connectivity index (χ4n) is 3.59. The van der Waals surface area contributed by atoms with E-state index in [2.05, 4.69) is 11.0 Å². The lowest BCUT2D eigenvalue weighted by atomic mass is 10.0. The quantitative estimate of drug-likeness (QED) is 0.896. The molecule has 1 aromatic carbocycles. The molecule has 0 radical (unpaired) electrons. The molecule has 1 fully saturated rings. The second-order valence-electron chi connectivity index (χ2n) is 6.74. The molecule has 2 heterocycles. The molecule has 6 heteroatoms. The van der Waals surface area contributed by atoms with Crippen molar-refractivity contribution in [1.29, 1.82) is 5.26 Å². The lowest BCUT2D eigenvalue weighted by molar-refractivity contribution is 0.231. The van der Waals surface area contributed by atoms with Crippen LogP contribution in [-0.2, 0) is 6.42 Å². The number of aromatic nitrogens is 1. The maximum Gasteiger partial charge on any atom is 0.260 e. The number of hydrogen-bond donors (Lipinski definition) is 1. The Hall–Kier alpha value is -2.29. The van der Waals surface area contributed by atoms with E-state index in [1.54, 1.807) is 24.3 Å². The lowest BCUT2D eigenvalue weighted by Gasteiger charge is -2.26. The summed E-state index contributed by atoms with van der Waals surface area (Å²) in [5.74, 6) is 0.180. The second-order valence-corrected chi connectivity index (χ2v) is 7.18. The van der Waals surface area contributed by atoms with Gasteiger partial charge in [-0.1, -0.05) is 18.0 Å². The molecule has 0 unspecified atom stereocenters. The van der Waals surface area contributed by atoms with Crippen LogP contribution in [0.5, 0.6) is 0 Å². The predicted octanol–water partition coefficient (Wildman–Crippen LogP) is 3.28. The van der Waals surface area contributed by atoms with Gasteiger partial charge in [-0.2, -0.15) is 5.26 Å². The fraction of sp³-hybridized carbons (Fsp3) is 0.400. The van der Waals surface area contributed by atoms with Crippen LogP contribution in [0, 0.1) is 18.3 Å². The Labute approximate surface area is 158 Å². The predicted molar refractivity (Wildman–Crippen MR) is 105 cm³/mol. The van der Waals surface area contributed by atoms with Crippen LogP contribution in [0.15, 0.2) is 29.1 Å². The van der Waals surface area contributed by atoms with Gasteiger partial charge in [-0.3, -0.25) is 9.36 Å². The molecular formula is C20H23ClN4O. The highest BCUT2D eigenvalue weighted by Gasteiger charge is 2.19. The molecule has 26 heavy (non-hydrogen) atoms. The van der Waals surface area contributed by atoms with Gasteiger partial charge < -0.3 is 10.6 Å². The fourth-order valence-corrected chi connectivity index (χ4v) is 3.72. The molecule has 0 atom stereocenters. The third-order valence-electron chi connectivity index (χ3n) is 5.11. The number of piperidine rings is 1. The minimum Gasteiger partial charge on any atom is -0.384 e. The number of nitriles is 1. The van der Waals surface area contributed by atoms with Gasteiger partial charge in [0, 0.05) is 17.1 Å². The van der Waals surface area contributed by atoms with Crippen molar-refractivity contribution < 1.29 is 0 Å². The molecule has 0 saturated carbocycles. The summed E-state index contributed by atoms with van der Waals surface area (Å²) in [7, 11) is 0. The third-order valence-corrected chi connectivity index (χ3v) is 5.36. The summed E-state index contributed by atoms with van der Waals surface area (Å²) in [5.41, 5.74) is 8.36. The van der Waals surface area contributed by atoms with Gasteiger partial charge in [-0.25, -0.2) is 0 Å². The smallest absolute Gasteiger partial charge is 0.260 e. The zero-order chi connectivity index (χ0) is 18.7. The number of nitrogens with two attached hydrogens (primary N) is 1. The van der Waals surface area contributed by atoms with Crippen LogP contribution in [0.3, 0.4) is 0 Å². The van der Waals surface area contributed by atoms with Crippen LogP contribution in [-0.4, -0.2) is 29.1 Å². The Bertz CT molecular complexity index is 890. The number of halogens is 1. The maximum absolute atomic E-state index is 13.2. The van der Waals surface area contributed by atoms with Gasteiger partial charge in [-0.05, 0) is 69.1 Å².